The predicted molar refractivity (Wildman–Crippen MR) is 68.6 cm³/mol. The van der Waals surface area contributed by atoms with Crippen molar-refractivity contribution in [1.82, 2.24) is 10.3 Å². The topological polar surface area (TPSA) is 68.0 Å². The van der Waals surface area contributed by atoms with Crippen molar-refractivity contribution in [2.24, 2.45) is 11.1 Å². The van der Waals surface area contributed by atoms with Gasteiger partial charge in [0.2, 0.25) is 0 Å². The highest BCUT2D eigenvalue weighted by Crippen LogP contribution is 2.19. The largest absolute Gasteiger partial charge is 0.349 e. The molecule has 1 rings (SSSR count). The highest BCUT2D eigenvalue weighted by Gasteiger charge is 2.16. The second-order valence-corrected chi connectivity index (χ2v) is 5.60. The molecule has 0 radical (unpaired) electrons. The van der Waals surface area contributed by atoms with Crippen molar-refractivity contribution in [2.75, 3.05) is 6.54 Å². The number of rotatable bonds is 4. The van der Waals surface area contributed by atoms with E-state index < -0.39 is 5.82 Å². The lowest BCUT2D eigenvalue weighted by Gasteiger charge is -2.23. The van der Waals surface area contributed by atoms with Crippen LogP contribution in [0.3, 0.4) is 0 Å². The summed E-state index contributed by atoms with van der Waals surface area (Å²) in [7, 11) is 0. The third-order valence-electron chi connectivity index (χ3n) is 2.36. The van der Waals surface area contributed by atoms with E-state index in [9.17, 15) is 9.18 Å². The molecule has 4 nitrogen and oxygen atoms in total. The number of aromatic nitrogens is 1. The molecule has 0 aliphatic carbocycles. The molecule has 1 aromatic rings. The number of carbonyl (C=O) groups is 1. The van der Waals surface area contributed by atoms with E-state index in [2.05, 4.69) is 31.1 Å². The minimum absolute atomic E-state index is 0.102. The van der Waals surface area contributed by atoms with Crippen LogP contribution in [0, 0.1) is 11.2 Å². The molecule has 0 saturated carbocycles. The molecule has 18 heavy (non-hydrogen) atoms. The predicted octanol–water partition coefficient (Wildman–Crippen LogP) is 1.71. The van der Waals surface area contributed by atoms with Crippen LogP contribution in [-0.4, -0.2) is 23.5 Å². The Morgan fingerprint density at radius 2 is 2.17 bits per heavy atom. The van der Waals surface area contributed by atoms with Crippen molar-refractivity contribution < 1.29 is 9.18 Å². The van der Waals surface area contributed by atoms with Crippen molar-refractivity contribution in [3.63, 3.8) is 0 Å². The number of carbonyl (C=O) groups excluding carboxylic acids is 1. The number of hydrogen-bond acceptors (Lipinski definition) is 3. The van der Waals surface area contributed by atoms with E-state index in [1.807, 2.05) is 0 Å². The van der Waals surface area contributed by atoms with Gasteiger partial charge in [0, 0.05) is 12.6 Å². The summed E-state index contributed by atoms with van der Waals surface area (Å²) in [5.74, 6) is -0.796. The monoisotopic (exact) mass is 253 g/mol. The van der Waals surface area contributed by atoms with Gasteiger partial charge in [0.05, 0.1) is 6.20 Å². The number of hydrogen-bond donors (Lipinski definition) is 2. The van der Waals surface area contributed by atoms with Gasteiger partial charge in [-0.2, -0.15) is 0 Å². The summed E-state index contributed by atoms with van der Waals surface area (Å²) in [4.78, 5) is 15.4. The minimum Gasteiger partial charge on any atom is -0.349 e. The van der Waals surface area contributed by atoms with E-state index in [1.54, 1.807) is 0 Å². The molecular weight excluding hydrogens is 233 g/mol. The molecule has 0 bridgehead atoms. The number of pyridine rings is 1. The lowest BCUT2D eigenvalue weighted by atomic mass is 9.88. The van der Waals surface area contributed by atoms with E-state index in [0.29, 0.717) is 6.54 Å². The van der Waals surface area contributed by atoms with Gasteiger partial charge in [-0.15, -0.1) is 0 Å². The Bertz CT molecular complexity index is 398. The van der Waals surface area contributed by atoms with Gasteiger partial charge in [0.1, 0.15) is 11.5 Å². The maximum absolute atomic E-state index is 12.6. The molecule has 3 N–H and O–H groups in total. The molecule has 1 aromatic heterocycles. The smallest absolute Gasteiger partial charge is 0.269 e. The zero-order valence-electron chi connectivity index (χ0n) is 11.0. The fraction of sp³-hybridized carbons (Fsp3) is 0.538. The molecule has 0 aromatic carbocycles. The molecule has 0 aliphatic heterocycles. The van der Waals surface area contributed by atoms with Crippen molar-refractivity contribution in [3.05, 3.63) is 29.8 Å². The van der Waals surface area contributed by atoms with Crippen molar-refractivity contribution >= 4 is 5.91 Å². The molecule has 0 saturated heterocycles. The van der Waals surface area contributed by atoms with E-state index in [4.69, 9.17) is 5.73 Å². The van der Waals surface area contributed by atoms with Crippen LogP contribution in [0.1, 0.15) is 37.7 Å². The second kappa shape index (κ2) is 5.91. The Morgan fingerprint density at radius 1 is 1.50 bits per heavy atom. The summed E-state index contributed by atoms with van der Waals surface area (Å²) in [5, 5.41) is 2.69. The van der Waals surface area contributed by atoms with Gasteiger partial charge < -0.3 is 11.1 Å². The van der Waals surface area contributed by atoms with Crippen LogP contribution in [0.2, 0.25) is 0 Å². The summed E-state index contributed by atoms with van der Waals surface area (Å²) in [6.07, 6.45) is 1.83. The SMILES string of the molecule is CC(C)(C)CC(N)CNC(=O)c1ccc(F)cn1. The first-order valence-corrected chi connectivity index (χ1v) is 5.93. The Kier molecular flexibility index (Phi) is 4.78. The number of halogens is 1. The molecule has 0 spiro atoms. The third kappa shape index (κ3) is 5.23. The van der Waals surface area contributed by atoms with Gasteiger partial charge in [-0.1, -0.05) is 20.8 Å². The summed E-state index contributed by atoms with van der Waals surface area (Å²) >= 11 is 0. The van der Waals surface area contributed by atoms with Crippen LogP contribution in [0.4, 0.5) is 4.39 Å². The van der Waals surface area contributed by atoms with E-state index in [1.165, 1.54) is 12.1 Å². The molecule has 1 amide bonds. The second-order valence-electron chi connectivity index (χ2n) is 5.60. The molecule has 1 atom stereocenters. The molecule has 1 heterocycles. The zero-order chi connectivity index (χ0) is 13.8. The molecule has 1 unspecified atom stereocenters. The Labute approximate surface area is 107 Å². The van der Waals surface area contributed by atoms with Crippen LogP contribution in [0.25, 0.3) is 0 Å². The standard InChI is InChI=1S/C13H20FN3O/c1-13(2,3)6-10(15)8-17-12(18)11-5-4-9(14)7-16-11/h4-5,7,10H,6,8,15H2,1-3H3,(H,17,18). The van der Waals surface area contributed by atoms with Crippen molar-refractivity contribution in [3.8, 4) is 0 Å². The van der Waals surface area contributed by atoms with Crippen LogP contribution >= 0.6 is 0 Å². The first-order valence-electron chi connectivity index (χ1n) is 5.93. The lowest BCUT2D eigenvalue weighted by molar-refractivity contribution is 0.0943. The minimum atomic E-state index is -0.462. The highest BCUT2D eigenvalue weighted by molar-refractivity contribution is 5.92. The van der Waals surface area contributed by atoms with Gasteiger partial charge in [-0.3, -0.25) is 4.79 Å². The molecule has 0 fully saturated rings. The van der Waals surface area contributed by atoms with Crippen LogP contribution in [0.5, 0.6) is 0 Å². The fourth-order valence-corrected chi connectivity index (χ4v) is 1.68. The average molecular weight is 253 g/mol. The van der Waals surface area contributed by atoms with E-state index >= 15 is 0 Å². The van der Waals surface area contributed by atoms with E-state index in [-0.39, 0.29) is 23.1 Å². The summed E-state index contributed by atoms with van der Waals surface area (Å²) in [5.41, 5.74) is 6.23. The van der Waals surface area contributed by atoms with E-state index in [0.717, 1.165) is 12.6 Å². The van der Waals surface area contributed by atoms with Gasteiger partial charge in [-0.05, 0) is 24.0 Å². The van der Waals surface area contributed by atoms with Gasteiger partial charge in [0.15, 0.2) is 0 Å². The maximum atomic E-state index is 12.6. The summed E-state index contributed by atoms with van der Waals surface area (Å²) in [6, 6.07) is 2.45. The Hall–Kier alpha value is -1.49. The quantitative estimate of drug-likeness (QED) is 0.858. The van der Waals surface area contributed by atoms with Crippen LogP contribution in [0.15, 0.2) is 18.3 Å². The van der Waals surface area contributed by atoms with Crippen LogP contribution in [-0.2, 0) is 0 Å². The zero-order valence-corrected chi connectivity index (χ0v) is 11.0. The molecule has 5 heteroatoms. The third-order valence-corrected chi connectivity index (χ3v) is 2.36. The van der Waals surface area contributed by atoms with Gasteiger partial charge in [0.25, 0.3) is 5.91 Å². The first-order chi connectivity index (χ1) is 8.28. The summed E-state index contributed by atoms with van der Waals surface area (Å²) < 4.78 is 12.6. The Balaban J connectivity index is 2.44. The lowest BCUT2D eigenvalue weighted by Crippen LogP contribution is -2.39. The molecule has 0 aliphatic rings. The Morgan fingerprint density at radius 3 is 2.67 bits per heavy atom. The molecule has 100 valence electrons. The number of nitrogens with two attached hydrogens (primary N) is 1. The molecular formula is C13H20FN3O. The van der Waals surface area contributed by atoms with Gasteiger partial charge >= 0.3 is 0 Å². The van der Waals surface area contributed by atoms with Crippen molar-refractivity contribution in [1.29, 1.82) is 0 Å². The van der Waals surface area contributed by atoms with Gasteiger partial charge in [-0.25, -0.2) is 9.37 Å². The number of nitrogens with zero attached hydrogens (tertiary/aromatic N) is 1. The first kappa shape index (κ1) is 14.6. The normalized spacial score (nSPS) is 13.2. The highest BCUT2D eigenvalue weighted by atomic mass is 19.1. The van der Waals surface area contributed by atoms with Crippen LogP contribution < -0.4 is 11.1 Å². The van der Waals surface area contributed by atoms with Crippen molar-refractivity contribution in [2.45, 2.75) is 33.2 Å². The average Bonchev–Trinajstić information content (AvgIpc) is 2.24. The fourth-order valence-electron chi connectivity index (χ4n) is 1.68. The maximum Gasteiger partial charge on any atom is 0.269 e. The number of amides is 1. The number of nitrogens with one attached hydrogen (secondary N) is 1. The summed E-state index contributed by atoms with van der Waals surface area (Å²) in [6.45, 7) is 6.66.